The summed E-state index contributed by atoms with van der Waals surface area (Å²) in [5.74, 6) is -0.462. The standard InChI is InChI=1S/C17H27N.C15H22FN3O3/c1-5-6-12-18(13-17(4)10-11-17)16-9-7-8-14(2)15(16)3;1-9(20)7-18-12-4-2-3-10(12)14(17)15(22)19-6-5-13(21)11(16)8-19/h7-9H,5-6,10-13H2,1-4H3;11,13,21H,2-8,17H2,1H3/b;14-10-,18-12?. The normalized spacial score (nSPS) is 23.9. The highest BCUT2D eigenvalue weighted by Crippen LogP contribution is 2.46. The van der Waals surface area contributed by atoms with Crippen molar-refractivity contribution in [1.29, 1.82) is 0 Å². The largest absolute Gasteiger partial charge is 0.394 e. The molecule has 40 heavy (non-hydrogen) atoms. The number of aryl methyl sites for hydroxylation is 1. The Morgan fingerprint density at radius 1 is 1.25 bits per heavy atom. The van der Waals surface area contributed by atoms with E-state index in [1.165, 1.54) is 67.4 Å². The van der Waals surface area contributed by atoms with E-state index in [1.54, 1.807) is 0 Å². The number of likely N-dealkylation sites (tertiary alicyclic amines) is 1. The number of benzene rings is 1. The van der Waals surface area contributed by atoms with Crippen LogP contribution in [0.2, 0.25) is 0 Å². The lowest BCUT2D eigenvalue weighted by Crippen LogP contribution is -2.48. The Labute approximate surface area is 239 Å². The smallest absolute Gasteiger partial charge is 0.270 e. The molecule has 222 valence electrons. The van der Waals surface area contributed by atoms with Crippen molar-refractivity contribution in [2.75, 3.05) is 37.6 Å². The number of halogens is 1. The molecule has 1 aliphatic heterocycles. The molecule has 2 atom stereocenters. The predicted octanol–water partition coefficient (Wildman–Crippen LogP) is 5.05. The topological polar surface area (TPSA) is 99.2 Å². The van der Waals surface area contributed by atoms with Gasteiger partial charge < -0.3 is 20.6 Å². The first kappa shape index (κ1) is 31.8. The molecular weight excluding hydrogens is 507 g/mol. The van der Waals surface area contributed by atoms with E-state index in [4.69, 9.17) is 5.73 Å². The van der Waals surface area contributed by atoms with Gasteiger partial charge in [-0.2, -0.15) is 0 Å². The van der Waals surface area contributed by atoms with E-state index in [9.17, 15) is 19.1 Å². The maximum absolute atomic E-state index is 13.6. The number of allylic oxidation sites excluding steroid dienone is 1. The highest BCUT2D eigenvalue weighted by Gasteiger charge is 2.39. The van der Waals surface area contributed by atoms with Gasteiger partial charge >= 0.3 is 0 Å². The quantitative estimate of drug-likeness (QED) is 0.415. The van der Waals surface area contributed by atoms with Crippen LogP contribution in [0.15, 0.2) is 34.5 Å². The molecule has 1 aromatic carbocycles. The van der Waals surface area contributed by atoms with Gasteiger partial charge in [-0.05, 0) is 88.3 Å². The van der Waals surface area contributed by atoms with E-state index in [0.717, 1.165) is 6.42 Å². The Morgan fingerprint density at radius 2 is 1.98 bits per heavy atom. The monoisotopic (exact) mass is 556 g/mol. The molecule has 2 saturated carbocycles. The number of aliphatic hydroxyl groups excluding tert-OH is 1. The fraction of sp³-hybridized carbons (Fsp3) is 0.656. The highest BCUT2D eigenvalue weighted by atomic mass is 19.1. The van der Waals surface area contributed by atoms with Crippen LogP contribution in [0, 0.1) is 19.3 Å². The van der Waals surface area contributed by atoms with E-state index in [0.29, 0.717) is 29.5 Å². The number of rotatable bonds is 9. The summed E-state index contributed by atoms with van der Waals surface area (Å²) < 4.78 is 13.6. The van der Waals surface area contributed by atoms with Crippen molar-refractivity contribution in [3.63, 3.8) is 0 Å². The number of nitrogens with two attached hydrogens (primary N) is 1. The van der Waals surface area contributed by atoms with Crippen molar-refractivity contribution < 1.29 is 19.1 Å². The Bertz CT molecular complexity index is 1110. The van der Waals surface area contributed by atoms with Crippen molar-refractivity contribution in [1.82, 2.24) is 4.90 Å². The molecule has 3 fully saturated rings. The van der Waals surface area contributed by atoms with Crippen molar-refractivity contribution in [3.8, 4) is 0 Å². The lowest BCUT2D eigenvalue weighted by atomic mass is 10.0. The van der Waals surface area contributed by atoms with Crippen LogP contribution in [0.4, 0.5) is 10.1 Å². The average molecular weight is 557 g/mol. The molecule has 3 aliphatic rings. The molecule has 1 aromatic rings. The van der Waals surface area contributed by atoms with Gasteiger partial charge in [-0.3, -0.25) is 14.6 Å². The van der Waals surface area contributed by atoms with Crippen molar-refractivity contribution in [3.05, 3.63) is 40.6 Å². The molecule has 1 saturated heterocycles. The minimum absolute atomic E-state index is 0.0473. The van der Waals surface area contributed by atoms with Crippen molar-refractivity contribution in [2.24, 2.45) is 16.1 Å². The second-order valence-corrected chi connectivity index (χ2v) is 12.1. The van der Waals surface area contributed by atoms with Gasteiger partial charge in [0.15, 0.2) is 5.78 Å². The number of piperidine rings is 1. The zero-order chi connectivity index (χ0) is 29.4. The second-order valence-electron chi connectivity index (χ2n) is 12.1. The number of ketones is 1. The van der Waals surface area contributed by atoms with Gasteiger partial charge in [0.25, 0.3) is 5.91 Å². The number of Topliss-reactive ketones (excluding diaryl/α,β-unsaturated/α-hetero) is 1. The number of alkyl halides is 1. The van der Waals surface area contributed by atoms with Gasteiger partial charge in [-0.25, -0.2) is 4.39 Å². The summed E-state index contributed by atoms with van der Waals surface area (Å²) >= 11 is 0. The molecule has 0 aromatic heterocycles. The number of aliphatic hydroxyl groups is 1. The number of unbranched alkanes of at least 4 members (excludes halogenated alkanes) is 1. The van der Waals surface area contributed by atoms with Crippen molar-refractivity contribution in [2.45, 2.75) is 98.3 Å². The number of nitrogens with zero attached hydrogens (tertiary/aromatic N) is 3. The Kier molecular flexibility index (Phi) is 11.3. The van der Waals surface area contributed by atoms with Crippen LogP contribution < -0.4 is 10.6 Å². The van der Waals surface area contributed by atoms with Gasteiger partial charge in [-0.15, -0.1) is 0 Å². The Morgan fingerprint density at radius 3 is 2.60 bits per heavy atom. The third-order valence-electron chi connectivity index (χ3n) is 8.41. The number of carbonyl (C=O) groups excluding carboxylic acids is 2. The maximum Gasteiger partial charge on any atom is 0.270 e. The van der Waals surface area contributed by atoms with Crippen LogP contribution >= 0.6 is 0 Å². The summed E-state index contributed by atoms with van der Waals surface area (Å²) in [7, 11) is 0. The molecule has 2 aliphatic carbocycles. The number of amides is 1. The fourth-order valence-corrected chi connectivity index (χ4v) is 5.32. The van der Waals surface area contributed by atoms with E-state index >= 15 is 0 Å². The first-order valence-corrected chi connectivity index (χ1v) is 14.9. The Hall–Kier alpha value is -2.74. The van der Waals surface area contributed by atoms with Gasteiger partial charge in [0.05, 0.1) is 19.2 Å². The molecular formula is C32H49FN4O3. The zero-order valence-electron chi connectivity index (χ0n) is 25.1. The molecule has 1 heterocycles. The SMILES string of the molecule is CC(=O)CN=C1CCC/C1=C(/N)C(=O)N1CCC(O)C(F)C1.CCCCN(CC1(C)CC1)c1cccc(C)c1C. The van der Waals surface area contributed by atoms with E-state index in [-0.39, 0.29) is 37.5 Å². The summed E-state index contributed by atoms with van der Waals surface area (Å²) in [4.78, 5) is 31.6. The van der Waals surface area contributed by atoms with Crippen LogP contribution in [0.1, 0.15) is 83.3 Å². The van der Waals surface area contributed by atoms with Gasteiger partial charge in [0.1, 0.15) is 11.9 Å². The minimum Gasteiger partial charge on any atom is -0.394 e. The molecule has 0 bridgehead atoms. The molecule has 7 nitrogen and oxygen atoms in total. The molecule has 4 rings (SSSR count). The lowest BCUT2D eigenvalue weighted by Gasteiger charge is -2.32. The van der Waals surface area contributed by atoms with Gasteiger partial charge in [0, 0.05) is 36.6 Å². The van der Waals surface area contributed by atoms with Gasteiger partial charge in [-0.1, -0.05) is 32.4 Å². The Balaban J connectivity index is 0.000000225. The number of hydrogen-bond acceptors (Lipinski definition) is 6. The molecule has 2 unspecified atom stereocenters. The fourth-order valence-electron chi connectivity index (χ4n) is 5.32. The molecule has 8 heteroatoms. The highest BCUT2D eigenvalue weighted by molar-refractivity contribution is 6.09. The molecule has 0 spiro atoms. The first-order valence-electron chi connectivity index (χ1n) is 14.9. The predicted molar refractivity (Wildman–Crippen MR) is 161 cm³/mol. The van der Waals surface area contributed by atoms with E-state index in [1.807, 2.05) is 0 Å². The van der Waals surface area contributed by atoms with Crippen LogP contribution in [0.25, 0.3) is 0 Å². The van der Waals surface area contributed by atoms with Gasteiger partial charge in [0.2, 0.25) is 0 Å². The van der Waals surface area contributed by atoms with Crippen LogP contribution in [0.3, 0.4) is 0 Å². The summed E-state index contributed by atoms with van der Waals surface area (Å²) in [6.07, 6.45) is 5.31. The van der Waals surface area contributed by atoms with Crippen LogP contribution in [-0.2, 0) is 9.59 Å². The third-order valence-corrected chi connectivity index (χ3v) is 8.41. The van der Waals surface area contributed by atoms with E-state index < -0.39 is 18.2 Å². The summed E-state index contributed by atoms with van der Waals surface area (Å²) in [6, 6.07) is 6.71. The number of anilines is 1. The van der Waals surface area contributed by atoms with Crippen LogP contribution in [-0.4, -0.2) is 72.4 Å². The lowest BCUT2D eigenvalue weighted by molar-refractivity contribution is -0.131. The average Bonchev–Trinajstić information content (AvgIpc) is 3.46. The zero-order valence-corrected chi connectivity index (χ0v) is 25.1. The number of aliphatic imine (C=N–C) groups is 1. The van der Waals surface area contributed by atoms with Crippen LogP contribution in [0.5, 0.6) is 0 Å². The summed E-state index contributed by atoms with van der Waals surface area (Å²) in [5.41, 5.74) is 12.3. The third kappa shape index (κ3) is 8.63. The molecule has 0 radical (unpaired) electrons. The van der Waals surface area contributed by atoms with E-state index in [2.05, 4.69) is 55.8 Å². The maximum atomic E-state index is 13.6. The summed E-state index contributed by atoms with van der Waals surface area (Å²) in [6.45, 7) is 13.3. The van der Waals surface area contributed by atoms with Crippen molar-refractivity contribution >= 4 is 23.1 Å². The number of carbonyl (C=O) groups is 2. The second kappa shape index (κ2) is 14.2. The summed E-state index contributed by atoms with van der Waals surface area (Å²) in [5, 5.41) is 9.38. The molecule has 3 N–H and O–H groups in total. The first-order chi connectivity index (χ1) is 19.0. The minimum atomic E-state index is -1.44. The number of hydrogen-bond donors (Lipinski definition) is 2. The molecule has 1 amide bonds.